The smallest absolute Gasteiger partial charge is 0.220 e. The summed E-state index contributed by atoms with van der Waals surface area (Å²) in [7, 11) is 0. The van der Waals surface area contributed by atoms with Crippen LogP contribution in [0.2, 0.25) is 0 Å². The largest absolute Gasteiger partial charge is 0.356 e. The van der Waals surface area contributed by atoms with Gasteiger partial charge in [0.25, 0.3) is 0 Å². The van der Waals surface area contributed by atoms with Gasteiger partial charge in [0.1, 0.15) is 0 Å². The van der Waals surface area contributed by atoms with Gasteiger partial charge >= 0.3 is 0 Å². The molecule has 22 heavy (non-hydrogen) atoms. The average molecular weight is 312 g/mol. The third kappa shape index (κ3) is 8.14. The maximum atomic E-state index is 11.8. The summed E-state index contributed by atoms with van der Waals surface area (Å²) < 4.78 is 0. The van der Waals surface area contributed by atoms with Crippen LogP contribution in [0.5, 0.6) is 0 Å². The summed E-state index contributed by atoms with van der Waals surface area (Å²) in [4.78, 5) is 16.9. The van der Waals surface area contributed by atoms with Gasteiger partial charge in [0.2, 0.25) is 5.91 Å². The molecule has 0 bridgehead atoms. The van der Waals surface area contributed by atoms with E-state index in [9.17, 15) is 4.79 Å². The van der Waals surface area contributed by atoms with Crippen molar-refractivity contribution in [3.63, 3.8) is 0 Å². The molecule has 1 N–H and O–H groups in total. The third-order valence-electron chi connectivity index (χ3n) is 4.27. The standard InChI is InChI=1S/C18H37N3O/c1-17(2,3)15-19-16(22)9-7-8-10-20-11-13-21(14-12-20)18(4,5)6/h7-15H2,1-6H3,(H,19,22). The van der Waals surface area contributed by atoms with E-state index < -0.39 is 0 Å². The molecule has 0 spiro atoms. The summed E-state index contributed by atoms with van der Waals surface area (Å²) in [6.45, 7) is 19.8. The summed E-state index contributed by atoms with van der Waals surface area (Å²) in [6, 6.07) is 0. The molecule has 1 aliphatic heterocycles. The number of unbranched alkanes of at least 4 members (excludes halogenated alkanes) is 1. The third-order valence-corrected chi connectivity index (χ3v) is 4.27. The molecule has 0 radical (unpaired) electrons. The van der Waals surface area contributed by atoms with Crippen LogP contribution in [0.1, 0.15) is 60.8 Å². The van der Waals surface area contributed by atoms with E-state index in [0.717, 1.165) is 52.1 Å². The zero-order valence-electron chi connectivity index (χ0n) is 15.7. The van der Waals surface area contributed by atoms with Crippen molar-refractivity contribution in [3.05, 3.63) is 0 Å². The lowest BCUT2D eigenvalue weighted by Crippen LogP contribution is -2.53. The molecule has 0 unspecified atom stereocenters. The highest BCUT2D eigenvalue weighted by molar-refractivity contribution is 5.75. The minimum absolute atomic E-state index is 0.169. The molecule has 0 aromatic heterocycles. The van der Waals surface area contributed by atoms with Crippen LogP contribution in [0.3, 0.4) is 0 Å². The molecule has 4 heteroatoms. The van der Waals surface area contributed by atoms with E-state index in [1.807, 2.05) is 0 Å². The van der Waals surface area contributed by atoms with Crippen molar-refractivity contribution in [2.45, 2.75) is 66.3 Å². The summed E-state index contributed by atoms with van der Waals surface area (Å²) in [5.41, 5.74) is 0.458. The number of nitrogens with zero attached hydrogens (tertiary/aromatic N) is 2. The number of nitrogens with one attached hydrogen (secondary N) is 1. The number of amides is 1. The first-order valence-corrected chi connectivity index (χ1v) is 8.82. The molecule has 1 amide bonds. The van der Waals surface area contributed by atoms with Crippen LogP contribution in [0.4, 0.5) is 0 Å². The Balaban J connectivity index is 2.08. The lowest BCUT2D eigenvalue weighted by molar-refractivity contribution is -0.121. The molecule has 130 valence electrons. The Kier molecular flexibility index (Phi) is 7.33. The highest BCUT2D eigenvalue weighted by Crippen LogP contribution is 2.16. The molecule has 0 saturated carbocycles. The second-order valence-electron chi connectivity index (χ2n) is 8.79. The normalized spacial score (nSPS) is 18.5. The molecule has 0 aromatic rings. The predicted molar refractivity (Wildman–Crippen MR) is 94.1 cm³/mol. The van der Waals surface area contributed by atoms with Crippen LogP contribution in [-0.4, -0.2) is 60.5 Å². The van der Waals surface area contributed by atoms with Gasteiger partial charge in [0.15, 0.2) is 0 Å². The van der Waals surface area contributed by atoms with Crippen molar-refractivity contribution in [3.8, 4) is 0 Å². The van der Waals surface area contributed by atoms with E-state index >= 15 is 0 Å². The summed E-state index contributed by atoms with van der Waals surface area (Å²) in [5.74, 6) is 0.201. The molecule has 1 fully saturated rings. The first-order valence-electron chi connectivity index (χ1n) is 8.82. The van der Waals surface area contributed by atoms with Crippen LogP contribution in [-0.2, 0) is 4.79 Å². The fraction of sp³-hybridized carbons (Fsp3) is 0.944. The van der Waals surface area contributed by atoms with Gasteiger partial charge in [-0.1, -0.05) is 20.8 Å². The second kappa shape index (κ2) is 8.30. The van der Waals surface area contributed by atoms with Crippen LogP contribution in [0.25, 0.3) is 0 Å². The molecular formula is C18H37N3O. The van der Waals surface area contributed by atoms with E-state index in [1.165, 1.54) is 0 Å². The minimum atomic E-state index is 0.169. The molecule has 1 rings (SSSR count). The van der Waals surface area contributed by atoms with Gasteiger partial charge in [-0.05, 0) is 45.6 Å². The van der Waals surface area contributed by atoms with Crippen molar-refractivity contribution < 1.29 is 4.79 Å². The second-order valence-corrected chi connectivity index (χ2v) is 8.79. The summed E-state index contributed by atoms with van der Waals surface area (Å²) in [6.07, 6.45) is 2.78. The van der Waals surface area contributed by atoms with Crippen molar-refractivity contribution in [2.24, 2.45) is 5.41 Å². The highest BCUT2D eigenvalue weighted by Gasteiger charge is 2.25. The van der Waals surface area contributed by atoms with E-state index in [1.54, 1.807) is 0 Å². The molecular weight excluding hydrogens is 274 g/mol. The number of rotatable bonds is 6. The highest BCUT2D eigenvalue weighted by atomic mass is 16.1. The SMILES string of the molecule is CC(C)(C)CNC(=O)CCCCN1CCN(C(C)(C)C)CC1. The van der Waals surface area contributed by atoms with E-state index in [0.29, 0.717) is 6.42 Å². The van der Waals surface area contributed by atoms with Gasteiger partial charge in [-0.25, -0.2) is 0 Å². The monoisotopic (exact) mass is 311 g/mol. The number of carbonyl (C=O) groups is 1. The van der Waals surface area contributed by atoms with E-state index in [2.05, 4.69) is 56.7 Å². The first-order chi connectivity index (χ1) is 10.1. The zero-order valence-corrected chi connectivity index (χ0v) is 15.7. The molecule has 0 atom stereocenters. The van der Waals surface area contributed by atoms with Gasteiger partial charge in [0, 0.05) is 44.7 Å². The number of carbonyl (C=O) groups excluding carboxylic acids is 1. The Labute approximate surface area is 137 Å². The Bertz CT molecular complexity index is 333. The topological polar surface area (TPSA) is 35.6 Å². The number of hydrogen-bond acceptors (Lipinski definition) is 3. The van der Waals surface area contributed by atoms with Gasteiger partial charge in [-0.2, -0.15) is 0 Å². The zero-order chi connectivity index (χ0) is 16.8. The average Bonchev–Trinajstić information content (AvgIpc) is 2.40. The Hall–Kier alpha value is -0.610. The Morgan fingerprint density at radius 1 is 0.955 bits per heavy atom. The van der Waals surface area contributed by atoms with Crippen LogP contribution >= 0.6 is 0 Å². The maximum absolute atomic E-state index is 11.8. The number of hydrogen-bond donors (Lipinski definition) is 1. The Morgan fingerprint density at radius 3 is 2.05 bits per heavy atom. The molecule has 1 heterocycles. The van der Waals surface area contributed by atoms with Crippen molar-refractivity contribution in [2.75, 3.05) is 39.3 Å². The maximum Gasteiger partial charge on any atom is 0.220 e. The molecule has 1 aliphatic rings. The Morgan fingerprint density at radius 2 is 1.55 bits per heavy atom. The number of piperazine rings is 1. The molecule has 0 aliphatic carbocycles. The molecule has 1 saturated heterocycles. The van der Waals surface area contributed by atoms with Crippen molar-refractivity contribution >= 4 is 5.91 Å². The van der Waals surface area contributed by atoms with E-state index in [-0.39, 0.29) is 16.9 Å². The van der Waals surface area contributed by atoms with Crippen LogP contribution in [0, 0.1) is 5.41 Å². The van der Waals surface area contributed by atoms with Gasteiger partial charge in [-0.15, -0.1) is 0 Å². The van der Waals surface area contributed by atoms with Gasteiger partial charge in [0.05, 0.1) is 0 Å². The van der Waals surface area contributed by atoms with Crippen molar-refractivity contribution in [1.82, 2.24) is 15.1 Å². The van der Waals surface area contributed by atoms with Crippen LogP contribution < -0.4 is 5.32 Å². The predicted octanol–water partition coefficient (Wildman–Crippen LogP) is 2.74. The fourth-order valence-electron chi connectivity index (χ4n) is 2.72. The molecule has 4 nitrogen and oxygen atoms in total. The van der Waals surface area contributed by atoms with Gasteiger partial charge in [-0.3, -0.25) is 9.69 Å². The van der Waals surface area contributed by atoms with Crippen molar-refractivity contribution in [1.29, 1.82) is 0 Å². The van der Waals surface area contributed by atoms with Gasteiger partial charge < -0.3 is 10.2 Å². The lowest BCUT2D eigenvalue weighted by Gasteiger charge is -2.42. The van der Waals surface area contributed by atoms with Crippen LogP contribution in [0.15, 0.2) is 0 Å². The molecule has 0 aromatic carbocycles. The van der Waals surface area contributed by atoms with E-state index in [4.69, 9.17) is 0 Å². The summed E-state index contributed by atoms with van der Waals surface area (Å²) in [5, 5.41) is 3.02. The summed E-state index contributed by atoms with van der Waals surface area (Å²) >= 11 is 0. The quantitative estimate of drug-likeness (QED) is 0.766. The fourth-order valence-corrected chi connectivity index (χ4v) is 2.72. The minimum Gasteiger partial charge on any atom is -0.356 e. The first kappa shape index (κ1) is 19.4. The lowest BCUT2D eigenvalue weighted by atomic mass is 9.97.